The van der Waals surface area contributed by atoms with Crippen molar-refractivity contribution in [2.24, 2.45) is 0 Å². The molecular weight excluding hydrogens is 371 g/mol. The zero-order valence-electron chi connectivity index (χ0n) is 16.5. The van der Waals surface area contributed by atoms with E-state index in [1.807, 2.05) is 0 Å². The first-order valence-corrected chi connectivity index (χ1v) is 11.5. The minimum atomic E-state index is -4.87. The molecule has 160 valence electrons. The summed E-state index contributed by atoms with van der Waals surface area (Å²) in [4.78, 5) is 30.2. The van der Waals surface area contributed by atoms with Crippen molar-refractivity contribution in [1.29, 1.82) is 0 Å². The van der Waals surface area contributed by atoms with Crippen LogP contribution < -0.4 is 4.89 Å². The van der Waals surface area contributed by atoms with Crippen LogP contribution in [0.15, 0.2) is 12.2 Å². The maximum Gasteiger partial charge on any atom is 0.305 e. The Morgan fingerprint density at radius 1 is 1.00 bits per heavy atom. The van der Waals surface area contributed by atoms with E-state index < -0.39 is 26.5 Å². The highest BCUT2D eigenvalue weighted by molar-refractivity contribution is 7.44. The third-order valence-corrected chi connectivity index (χ3v) is 4.48. The number of phosphoric ester groups is 1. The Bertz CT molecular complexity index is 434. The number of aliphatic hydroxyl groups excluding tert-OH is 1. The van der Waals surface area contributed by atoms with Crippen LogP contribution in [0.25, 0.3) is 0 Å². The molecule has 0 saturated heterocycles. The third-order valence-electron chi connectivity index (χ3n) is 4.01. The van der Waals surface area contributed by atoms with Gasteiger partial charge in [-0.25, -0.2) is 0 Å². The Morgan fingerprint density at radius 2 is 1.56 bits per heavy atom. The average Bonchev–Trinajstić information content (AvgIpc) is 2.61. The molecule has 8 heteroatoms. The first-order chi connectivity index (χ1) is 12.8. The second-order valence-electron chi connectivity index (χ2n) is 6.73. The molecule has 0 amide bonds. The molecule has 0 aliphatic heterocycles. The van der Waals surface area contributed by atoms with Crippen LogP contribution in [0.4, 0.5) is 0 Å². The lowest BCUT2D eigenvalue weighted by Crippen LogP contribution is -2.24. The number of aliphatic hydroxyl groups is 1. The van der Waals surface area contributed by atoms with Crippen molar-refractivity contribution >= 4 is 13.8 Å². The van der Waals surface area contributed by atoms with Crippen LogP contribution in [0, 0.1) is 0 Å². The van der Waals surface area contributed by atoms with Gasteiger partial charge in [0.05, 0.1) is 6.61 Å². The van der Waals surface area contributed by atoms with Gasteiger partial charge in [-0.1, -0.05) is 57.6 Å². The Labute approximate surface area is 163 Å². The molecule has 27 heavy (non-hydrogen) atoms. The van der Waals surface area contributed by atoms with E-state index >= 15 is 0 Å². The van der Waals surface area contributed by atoms with E-state index in [0.29, 0.717) is 0 Å². The van der Waals surface area contributed by atoms with E-state index in [1.165, 1.54) is 32.1 Å². The molecule has 0 fully saturated rings. The molecule has 0 rings (SSSR count). The normalized spacial score (nSPS) is 15.0. The Hall–Kier alpha value is -0.720. The fraction of sp³-hybridized carbons (Fsp3) is 0.842. The molecule has 7 nitrogen and oxygen atoms in total. The molecule has 0 heterocycles. The molecule has 0 spiro atoms. The van der Waals surface area contributed by atoms with Crippen molar-refractivity contribution < 1.29 is 33.5 Å². The fourth-order valence-electron chi connectivity index (χ4n) is 2.48. The highest BCUT2D eigenvalue weighted by atomic mass is 31.2. The van der Waals surface area contributed by atoms with Gasteiger partial charge >= 0.3 is 5.97 Å². The first kappa shape index (κ1) is 26.3. The van der Waals surface area contributed by atoms with Crippen molar-refractivity contribution in [2.75, 3.05) is 13.2 Å². The summed E-state index contributed by atoms with van der Waals surface area (Å²) in [6.07, 6.45) is 16.1. The molecule has 0 aromatic heterocycles. The molecule has 0 bridgehead atoms. The second-order valence-corrected chi connectivity index (χ2v) is 7.92. The summed E-state index contributed by atoms with van der Waals surface area (Å²) in [6, 6.07) is 0. The van der Waals surface area contributed by atoms with Crippen molar-refractivity contribution in [2.45, 2.75) is 90.1 Å². The molecule has 0 radical (unpaired) electrons. The predicted molar refractivity (Wildman–Crippen MR) is 103 cm³/mol. The summed E-state index contributed by atoms with van der Waals surface area (Å²) in [5, 5.41) is 9.37. The predicted octanol–water partition coefficient (Wildman–Crippen LogP) is 3.63. The summed E-state index contributed by atoms with van der Waals surface area (Å²) in [7, 11) is -4.87. The number of hydrogen-bond acceptors (Lipinski definition) is 6. The Balaban J connectivity index is 3.41. The molecule has 2 atom stereocenters. The highest BCUT2D eigenvalue weighted by Crippen LogP contribution is 2.30. The minimum Gasteiger partial charge on any atom is -0.756 e. The van der Waals surface area contributed by atoms with Gasteiger partial charge in [0.15, 0.2) is 0 Å². The molecule has 0 aromatic rings. The number of ether oxygens (including phenoxy) is 1. The van der Waals surface area contributed by atoms with Crippen molar-refractivity contribution in [3.63, 3.8) is 0 Å². The number of hydrogen-bond donors (Lipinski definition) is 2. The van der Waals surface area contributed by atoms with Gasteiger partial charge in [0.2, 0.25) is 0 Å². The van der Waals surface area contributed by atoms with Crippen LogP contribution in [0.1, 0.15) is 84.0 Å². The molecule has 0 aromatic carbocycles. The molecule has 0 saturated carbocycles. The summed E-state index contributed by atoms with van der Waals surface area (Å²) >= 11 is 0. The van der Waals surface area contributed by atoms with Crippen molar-refractivity contribution in [1.82, 2.24) is 0 Å². The molecular formula is C19H36O7P-. The van der Waals surface area contributed by atoms with Gasteiger partial charge in [0.1, 0.15) is 12.7 Å². The van der Waals surface area contributed by atoms with Crippen LogP contribution in [-0.4, -0.2) is 35.3 Å². The monoisotopic (exact) mass is 407 g/mol. The summed E-state index contributed by atoms with van der Waals surface area (Å²) < 4.78 is 19.2. The second kappa shape index (κ2) is 17.4. The molecule has 0 aliphatic carbocycles. The smallest absolute Gasteiger partial charge is 0.305 e. The van der Waals surface area contributed by atoms with Gasteiger partial charge in [-0.05, 0) is 32.1 Å². The largest absolute Gasteiger partial charge is 0.756 e. The molecule has 0 aliphatic rings. The van der Waals surface area contributed by atoms with Crippen LogP contribution >= 0.6 is 7.82 Å². The van der Waals surface area contributed by atoms with Gasteiger partial charge in [-0.15, -0.1) is 0 Å². The van der Waals surface area contributed by atoms with E-state index in [-0.39, 0.29) is 13.0 Å². The lowest BCUT2D eigenvalue weighted by molar-refractivity contribution is -0.222. The zero-order valence-corrected chi connectivity index (χ0v) is 17.4. The third kappa shape index (κ3) is 21.4. The van der Waals surface area contributed by atoms with Crippen LogP contribution in [0.5, 0.6) is 0 Å². The summed E-state index contributed by atoms with van der Waals surface area (Å²) in [6.45, 7) is 1.22. The Morgan fingerprint density at radius 3 is 2.15 bits per heavy atom. The molecule has 1 unspecified atom stereocenters. The zero-order chi connectivity index (χ0) is 20.4. The fourth-order valence-corrected chi connectivity index (χ4v) is 2.84. The summed E-state index contributed by atoms with van der Waals surface area (Å²) in [5.74, 6) is -0.436. The van der Waals surface area contributed by atoms with Crippen molar-refractivity contribution in [3.05, 3.63) is 12.2 Å². The van der Waals surface area contributed by atoms with Crippen LogP contribution in [0.3, 0.4) is 0 Å². The topological polar surface area (TPSA) is 116 Å². The van der Waals surface area contributed by atoms with Crippen LogP contribution in [-0.2, 0) is 18.6 Å². The van der Waals surface area contributed by atoms with Gasteiger partial charge in [-0.3, -0.25) is 9.36 Å². The number of carbonyl (C=O) groups is 1. The van der Waals surface area contributed by atoms with E-state index in [1.54, 1.807) is 0 Å². The Kier molecular flexibility index (Phi) is 16.9. The van der Waals surface area contributed by atoms with Gasteiger partial charge in [0.25, 0.3) is 7.82 Å². The number of esters is 1. The van der Waals surface area contributed by atoms with Crippen molar-refractivity contribution in [3.8, 4) is 0 Å². The lowest BCUT2D eigenvalue weighted by Gasteiger charge is -2.18. The van der Waals surface area contributed by atoms with E-state index in [9.17, 15) is 19.4 Å². The standard InChI is InChI=1S/C19H37O7P/c1-2-3-4-5-6-7-8-9-10-11-12-13-14-15-19(21)25-16-18(20)17-26-27(22,23)24/h7-8,18,20H,2-6,9-17H2,1H3,(H2,22,23,24)/p-1/b8-7-/t18-/m1/s1. The summed E-state index contributed by atoms with van der Waals surface area (Å²) in [5.41, 5.74) is 0. The molecule has 2 N–H and O–H groups in total. The average molecular weight is 407 g/mol. The number of allylic oxidation sites excluding steroid dienone is 2. The van der Waals surface area contributed by atoms with Gasteiger partial charge < -0.3 is 24.2 Å². The number of phosphoric acid groups is 1. The number of carbonyl (C=O) groups excluding carboxylic acids is 1. The van der Waals surface area contributed by atoms with Crippen LogP contribution in [0.2, 0.25) is 0 Å². The lowest BCUT2D eigenvalue weighted by atomic mass is 10.1. The van der Waals surface area contributed by atoms with Gasteiger partial charge in [0, 0.05) is 6.42 Å². The van der Waals surface area contributed by atoms with Gasteiger partial charge in [-0.2, -0.15) is 0 Å². The number of unbranched alkanes of at least 4 members (excludes halogenated alkanes) is 9. The maximum atomic E-state index is 11.5. The van der Waals surface area contributed by atoms with E-state index in [0.717, 1.165) is 38.5 Å². The van der Waals surface area contributed by atoms with E-state index in [2.05, 4.69) is 23.6 Å². The highest BCUT2D eigenvalue weighted by Gasteiger charge is 2.12. The quantitative estimate of drug-likeness (QED) is 0.154. The van der Waals surface area contributed by atoms with E-state index in [4.69, 9.17) is 9.63 Å². The first-order valence-electron chi connectivity index (χ1n) is 10.0. The minimum absolute atomic E-state index is 0.269. The SMILES string of the molecule is CCCCCC/C=C\CCCCCCCC(=O)OC[C@@H](O)COP(=O)([O-])O. The maximum absolute atomic E-state index is 11.5. The number of rotatable bonds is 18.